The van der Waals surface area contributed by atoms with Crippen LogP contribution >= 0.6 is 11.3 Å². The zero-order valence-electron chi connectivity index (χ0n) is 16.0. The summed E-state index contributed by atoms with van der Waals surface area (Å²) in [4.78, 5) is 37.9. The minimum Gasteiger partial charge on any atom is -0.465 e. The van der Waals surface area contributed by atoms with Crippen molar-refractivity contribution >= 4 is 28.2 Å². The molecule has 150 valence electrons. The number of ether oxygens (including phenoxy) is 1. The number of amides is 1. The average Bonchev–Trinajstić information content (AvgIpc) is 3.26. The quantitative estimate of drug-likeness (QED) is 0.503. The third-order valence-corrected chi connectivity index (χ3v) is 6.34. The Morgan fingerprint density at radius 3 is 2.72 bits per heavy atom. The third-order valence-electron chi connectivity index (χ3n) is 5.17. The maximum Gasteiger partial charge on any atom is 0.440 e. The summed E-state index contributed by atoms with van der Waals surface area (Å²) in [6.45, 7) is 0. The molecule has 0 aliphatic heterocycles. The highest BCUT2D eigenvalue weighted by atomic mass is 32.1. The van der Waals surface area contributed by atoms with Crippen LogP contribution in [-0.4, -0.2) is 24.3 Å². The van der Waals surface area contributed by atoms with E-state index >= 15 is 0 Å². The first kappa shape index (κ1) is 19.1. The van der Waals surface area contributed by atoms with Crippen LogP contribution in [0.1, 0.15) is 49.2 Å². The fourth-order valence-corrected chi connectivity index (χ4v) is 5.06. The van der Waals surface area contributed by atoms with Gasteiger partial charge in [0.05, 0.1) is 12.7 Å². The number of methoxy groups -OCH3 is 1. The number of nitrogens with zero attached hydrogens (tertiary/aromatic N) is 1. The Balaban J connectivity index is 1.68. The molecule has 2 heterocycles. The molecule has 1 aliphatic rings. The molecule has 0 radical (unpaired) electrons. The van der Waals surface area contributed by atoms with Gasteiger partial charge in [-0.05, 0) is 41.6 Å². The second-order valence-corrected chi connectivity index (χ2v) is 8.00. The van der Waals surface area contributed by atoms with Gasteiger partial charge in [0, 0.05) is 4.88 Å². The number of aromatic amines is 1. The first-order chi connectivity index (χ1) is 14.0. The topological polar surface area (TPSA) is 105 Å². The summed E-state index contributed by atoms with van der Waals surface area (Å²) in [5.41, 5.74) is 1.57. The van der Waals surface area contributed by atoms with E-state index in [1.165, 1.54) is 35.7 Å². The normalized spacial score (nSPS) is 15.6. The van der Waals surface area contributed by atoms with Crippen molar-refractivity contribution in [2.45, 2.75) is 25.2 Å². The number of carbonyl (C=O) groups excluding carboxylic acids is 2. The smallest absolute Gasteiger partial charge is 0.440 e. The van der Waals surface area contributed by atoms with Crippen LogP contribution in [-0.2, 0) is 24.6 Å². The Labute approximate surface area is 170 Å². The fourth-order valence-electron chi connectivity index (χ4n) is 3.75. The SMILES string of the molecule is COC(=O)c1c(NC(=O)c2c(=O)o[nH][n+]2C)sc2c1CCC(c1ccccc1)C2. The Morgan fingerprint density at radius 1 is 1.31 bits per heavy atom. The number of nitrogens with one attached hydrogen (secondary N) is 2. The number of fused-ring (bicyclic) bond motifs is 1. The number of aromatic nitrogens is 2. The van der Waals surface area contributed by atoms with Crippen LogP contribution in [0.3, 0.4) is 0 Å². The van der Waals surface area contributed by atoms with E-state index in [0.29, 0.717) is 22.9 Å². The van der Waals surface area contributed by atoms with Gasteiger partial charge in [0.25, 0.3) is 0 Å². The molecular formula is C20H20N3O5S+. The predicted molar refractivity (Wildman–Crippen MR) is 105 cm³/mol. The summed E-state index contributed by atoms with van der Waals surface area (Å²) in [5.74, 6) is -0.793. The zero-order valence-corrected chi connectivity index (χ0v) is 16.8. The summed E-state index contributed by atoms with van der Waals surface area (Å²) in [7, 11) is 2.80. The molecule has 1 atom stereocenters. The van der Waals surface area contributed by atoms with E-state index in [1.807, 2.05) is 18.2 Å². The van der Waals surface area contributed by atoms with Gasteiger partial charge in [0.15, 0.2) is 7.05 Å². The molecule has 29 heavy (non-hydrogen) atoms. The van der Waals surface area contributed by atoms with Crippen LogP contribution in [0.25, 0.3) is 0 Å². The average molecular weight is 414 g/mol. The molecule has 0 bridgehead atoms. The van der Waals surface area contributed by atoms with Crippen LogP contribution in [0, 0.1) is 0 Å². The van der Waals surface area contributed by atoms with Gasteiger partial charge in [-0.3, -0.25) is 9.32 Å². The second-order valence-electron chi connectivity index (χ2n) is 6.89. The number of rotatable bonds is 4. The number of H-pyrrole nitrogens is 1. The molecule has 0 fully saturated rings. The van der Waals surface area contributed by atoms with E-state index < -0.39 is 17.5 Å². The summed E-state index contributed by atoms with van der Waals surface area (Å²) in [6.07, 6.45) is 2.40. The van der Waals surface area contributed by atoms with Gasteiger partial charge in [-0.15, -0.1) is 11.3 Å². The number of anilines is 1. The van der Waals surface area contributed by atoms with Gasteiger partial charge < -0.3 is 10.1 Å². The number of hydrogen-bond donors (Lipinski definition) is 2. The van der Waals surface area contributed by atoms with E-state index in [1.54, 1.807) is 0 Å². The van der Waals surface area contributed by atoms with Crippen molar-refractivity contribution in [3.63, 3.8) is 0 Å². The van der Waals surface area contributed by atoms with Gasteiger partial charge >= 0.3 is 23.2 Å². The zero-order chi connectivity index (χ0) is 20.5. The molecule has 1 aromatic carbocycles. The number of carbonyl (C=O) groups is 2. The summed E-state index contributed by atoms with van der Waals surface area (Å²) >= 11 is 1.36. The minimum atomic E-state index is -0.782. The van der Waals surface area contributed by atoms with Crippen molar-refractivity contribution in [2.24, 2.45) is 7.05 Å². The molecule has 8 nitrogen and oxygen atoms in total. The molecule has 0 spiro atoms. The molecule has 1 aliphatic carbocycles. The first-order valence-electron chi connectivity index (χ1n) is 9.16. The van der Waals surface area contributed by atoms with Crippen molar-refractivity contribution in [3.05, 3.63) is 68.0 Å². The van der Waals surface area contributed by atoms with Crippen molar-refractivity contribution in [2.75, 3.05) is 12.4 Å². The fraction of sp³-hybridized carbons (Fsp3) is 0.300. The molecule has 4 rings (SSSR count). The summed E-state index contributed by atoms with van der Waals surface area (Å²) in [6, 6.07) is 10.3. The minimum absolute atomic E-state index is 0.186. The lowest BCUT2D eigenvalue weighted by molar-refractivity contribution is -0.741. The molecule has 2 N–H and O–H groups in total. The van der Waals surface area contributed by atoms with E-state index in [2.05, 4.69) is 27.2 Å². The Kier molecular flexibility index (Phi) is 5.06. The standard InChI is InChI=1S/C20H19N3O5S/c1-23-16(20(26)28-22-23)17(24)21-18-15(19(25)27-2)13-9-8-12(10-14(13)29-18)11-6-4-3-5-7-11/h3-7,12H,8-10H2,1-2H3,(H-,21,22,24,25,26)/p+1. The molecule has 3 aromatic rings. The van der Waals surface area contributed by atoms with Gasteiger partial charge in [0.1, 0.15) is 5.00 Å². The lowest BCUT2D eigenvalue weighted by Gasteiger charge is -2.22. The van der Waals surface area contributed by atoms with Crippen LogP contribution in [0.15, 0.2) is 39.6 Å². The highest BCUT2D eigenvalue weighted by Gasteiger charge is 2.33. The molecule has 1 unspecified atom stereocenters. The van der Waals surface area contributed by atoms with Crippen molar-refractivity contribution in [3.8, 4) is 0 Å². The molecule has 0 saturated heterocycles. The van der Waals surface area contributed by atoms with E-state index in [-0.39, 0.29) is 5.69 Å². The van der Waals surface area contributed by atoms with Crippen LogP contribution in [0.5, 0.6) is 0 Å². The number of aryl methyl sites for hydroxylation is 1. The highest BCUT2D eigenvalue weighted by molar-refractivity contribution is 7.17. The molecule has 9 heteroatoms. The number of hydrogen-bond acceptors (Lipinski definition) is 6. The van der Waals surface area contributed by atoms with Gasteiger partial charge in [0.2, 0.25) is 0 Å². The van der Waals surface area contributed by atoms with Crippen molar-refractivity contribution < 1.29 is 23.5 Å². The highest BCUT2D eigenvalue weighted by Crippen LogP contribution is 2.42. The molecule has 1 amide bonds. The Morgan fingerprint density at radius 2 is 2.07 bits per heavy atom. The summed E-state index contributed by atoms with van der Waals surface area (Å²) < 4.78 is 10.8. The number of thiophene rings is 1. The molecule has 0 saturated carbocycles. The lowest BCUT2D eigenvalue weighted by atomic mass is 9.83. The van der Waals surface area contributed by atoms with E-state index in [0.717, 1.165) is 23.3 Å². The predicted octanol–water partition coefficient (Wildman–Crippen LogP) is 2.17. The van der Waals surface area contributed by atoms with Crippen LogP contribution < -0.4 is 15.6 Å². The van der Waals surface area contributed by atoms with Crippen LogP contribution in [0.4, 0.5) is 5.00 Å². The van der Waals surface area contributed by atoms with Crippen molar-refractivity contribution in [1.29, 1.82) is 0 Å². The van der Waals surface area contributed by atoms with Gasteiger partial charge in [-0.25, -0.2) is 9.59 Å². The number of esters is 1. The maximum absolute atomic E-state index is 12.6. The maximum atomic E-state index is 12.6. The molecular weight excluding hydrogens is 394 g/mol. The van der Waals surface area contributed by atoms with E-state index in [9.17, 15) is 14.4 Å². The van der Waals surface area contributed by atoms with Gasteiger partial charge in [-0.1, -0.05) is 35.0 Å². The largest absolute Gasteiger partial charge is 0.465 e. The monoisotopic (exact) mass is 414 g/mol. The van der Waals surface area contributed by atoms with Crippen molar-refractivity contribution in [1.82, 2.24) is 5.27 Å². The Bertz CT molecular complexity index is 1130. The third kappa shape index (κ3) is 3.49. The van der Waals surface area contributed by atoms with E-state index in [4.69, 9.17) is 4.74 Å². The Hall–Kier alpha value is -3.20. The first-order valence-corrected chi connectivity index (χ1v) is 9.98. The number of benzene rings is 1. The second kappa shape index (κ2) is 7.67. The summed E-state index contributed by atoms with van der Waals surface area (Å²) in [5, 5.41) is 5.39. The van der Waals surface area contributed by atoms with Crippen LogP contribution in [0.2, 0.25) is 0 Å². The van der Waals surface area contributed by atoms with Gasteiger partial charge in [-0.2, -0.15) is 0 Å². The lowest BCUT2D eigenvalue weighted by Crippen LogP contribution is -2.41. The molecule has 2 aromatic heterocycles.